The molecule has 0 spiro atoms. The molecule has 0 aliphatic heterocycles. The number of alkyl carbamates (subject to hydrolysis) is 1. The van der Waals surface area contributed by atoms with Crippen molar-refractivity contribution in [1.82, 2.24) is 16.0 Å². The fraction of sp³-hybridized carbons (Fsp3) is 0.654. The van der Waals surface area contributed by atoms with E-state index in [4.69, 9.17) is 4.74 Å². The zero-order valence-electron chi connectivity index (χ0n) is 21.3. The third-order valence-corrected chi connectivity index (χ3v) is 6.24. The summed E-state index contributed by atoms with van der Waals surface area (Å²) in [7, 11) is 0. The van der Waals surface area contributed by atoms with E-state index in [1.807, 2.05) is 44.2 Å². The second-order valence-electron chi connectivity index (χ2n) is 10.8. The maximum atomic E-state index is 13.2. The van der Waals surface area contributed by atoms with Gasteiger partial charge >= 0.3 is 6.09 Å². The summed E-state index contributed by atoms with van der Waals surface area (Å²) < 4.78 is 5.16. The van der Waals surface area contributed by atoms with Crippen molar-refractivity contribution in [1.29, 1.82) is 0 Å². The van der Waals surface area contributed by atoms with Crippen molar-refractivity contribution in [3.05, 3.63) is 35.9 Å². The Labute approximate surface area is 203 Å². The molecule has 0 unspecified atom stereocenters. The van der Waals surface area contributed by atoms with Gasteiger partial charge in [-0.15, -0.1) is 0 Å². The highest BCUT2D eigenvalue weighted by molar-refractivity contribution is 5.86. The SMILES string of the molecule is CC(C)[C@@H]1CC[C@@H](C)C[C@@]1(O)C(=O)NC[C@@H](NC(=O)CNC(=O)OC(C)(C)C)c1ccccc1. The fourth-order valence-corrected chi connectivity index (χ4v) is 4.63. The molecule has 1 aromatic rings. The summed E-state index contributed by atoms with van der Waals surface area (Å²) in [6, 6.07) is 8.74. The Hall–Kier alpha value is -2.61. The van der Waals surface area contributed by atoms with Crippen LogP contribution in [0.2, 0.25) is 0 Å². The minimum absolute atomic E-state index is 0.114. The molecule has 1 aliphatic rings. The van der Waals surface area contributed by atoms with Crippen molar-refractivity contribution < 1.29 is 24.2 Å². The Kier molecular flexibility index (Phi) is 9.50. The predicted octanol–water partition coefficient (Wildman–Crippen LogP) is 3.31. The van der Waals surface area contributed by atoms with Gasteiger partial charge in [0.05, 0.1) is 6.04 Å². The third-order valence-electron chi connectivity index (χ3n) is 6.24. The molecule has 0 saturated heterocycles. The van der Waals surface area contributed by atoms with Crippen molar-refractivity contribution in [2.45, 2.75) is 78.0 Å². The zero-order valence-corrected chi connectivity index (χ0v) is 21.3. The normalized spacial score (nSPS) is 23.6. The minimum Gasteiger partial charge on any atom is -0.444 e. The van der Waals surface area contributed by atoms with Gasteiger partial charge in [0.15, 0.2) is 0 Å². The molecule has 0 bridgehead atoms. The molecule has 190 valence electrons. The van der Waals surface area contributed by atoms with E-state index >= 15 is 0 Å². The Balaban J connectivity index is 2.05. The standard InChI is InChI=1S/C26H41N3O5/c1-17(2)20-13-12-18(3)14-26(20,33)23(31)27-15-21(19-10-8-7-9-11-19)29-22(30)16-28-24(32)34-25(4,5)6/h7-11,17-18,20-21,33H,12-16H2,1-6H3,(H,27,31)(H,28,32)(H,29,30)/t18-,20+,21-,26+/m1/s1. The maximum absolute atomic E-state index is 13.2. The summed E-state index contributed by atoms with van der Waals surface area (Å²) in [6.45, 7) is 11.2. The molecule has 0 radical (unpaired) electrons. The van der Waals surface area contributed by atoms with Crippen LogP contribution in [-0.4, -0.2) is 47.3 Å². The fourth-order valence-electron chi connectivity index (χ4n) is 4.63. The van der Waals surface area contributed by atoms with Crippen molar-refractivity contribution in [2.24, 2.45) is 17.8 Å². The molecule has 1 fully saturated rings. The molecule has 1 aromatic carbocycles. The number of nitrogens with one attached hydrogen (secondary N) is 3. The van der Waals surface area contributed by atoms with Gasteiger partial charge in [-0.1, -0.05) is 57.5 Å². The van der Waals surface area contributed by atoms with Crippen molar-refractivity contribution in [3.63, 3.8) is 0 Å². The molecule has 4 atom stereocenters. The highest BCUT2D eigenvalue weighted by Gasteiger charge is 2.48. The van der Waals surface area contributed by atoms with Crippen molar-refractivity contribution in [3.8, 4) is 0 Å². The number of carbonyl (C=O) groups is 3. The average Bonchev–Trinajstić information content (AvgIpc) is 2.74. The van der Waals surface area contributed by atoms with Gasteiger partial charge < -0.3 is 25.8 Å². The first-order chi connectivity index (χ1) is 15.8. The summed E-state index contributed by atoms with van der Waals surface area (Å²) in [5.74, 6) is -0.508. The van der Waals surface area contributed by atoms with E-state index in [0.717, 1.165) is 18.4 Å². The Morgan fingerprint density at radius 2 is 1.76 bits per heavy atom. The van der Waals surface area contributed by atoms with Gasteiger partial charge in [-0.3, -0.25) is 9.59 Å². The third kappa shape index (κ3) is 8.01. The lowest BCUT2D eigenvalue weighted by atomic mass is 9.66. The van der Waals surface area contributed by atoms with Gasteiger partial charge in [-0.05, 0) is 56.9 Å². The monoisotopic (exact) mass is 475 g/mol. The number of carbonyl (C=O) groups excluding carboxylic acids is 3. The van der Waals surface area contributed by atoms with Crippen molar-refractivity contribution >= 4 is 17.9 Å². The van der Waals surface area contributed by atoms with Crippen LogP contribution in [-0.2, 0) is 14.3 Å². The van der Waals surface area contributed by atoms with Gasteiger partial charge in [0.2, 0.25) is 5.91 Å². The molecule has 8 heteroatoms. The molecule has 0 heterocycles. The van der Waals surface area contributed by atoms with Crippen LogP contribution in [0, 0.1) is 17.8 Å². The topological polar surface area (TPSA) is 117 Å². The van der Waals surface area contributed by atoms with Crippen LogP contribution < -0.4 is 16.0 Å². The molecule has 1 saturated carbocycles. The average molecular weight is 476 g/mol. The van der Waals surface area contributed by atoms with Gasteiger partial charge in [0.25, 0.3) is 5.91 Å². The first-order valence-electron chi connectivity index (χ1n) is 12.1. The van der Waals surface area contributed by atoms with Crippen LogP contribution >= 0.6 is 0 Å². The van der Waals surface area contributed by atoms with Gasteiger partial charge in [0, 0.05) is 6.54 Å². The van der Waals surface area contributed by atoms with Crippen LogP contribution in [0.25, 0.3) is 0 Å². The Morgan fingerprint density at radius 3 is 2.35 bits per heavy atom. The maximum Gasteiger partial charge on any atom is 0.408 e. The predicted molar refractivity (Wildman–Crippen MR) is 131 cm³/mol. The first kappa shape index (κ1) is 27.6. The van der Waals surface area contributed by atoms with Gasteiger partial charge in [-0.25, -0.2) is 4.79 Å². The summed E-state index contributed by atoms with van der Waals surface area (Å²) in [4.78, 5) is 37.6. The van der Waals surface area contributed by atoms with E-state index in [-0.39, 0.29) is 30.8 Å². The second-order valence-corrected chi connectivity index (χ2v) is 10.8. The molecule has 2 rings (SSSR count). The largest absolute Gasteiger partial charge is 0.444 e. The Bertz CT molecular complexity index is 837. The highest BCUT2D eigenvalue weighted by atomic mass is 16.6. The summed E-state index contributed by atoms with van der Waals surface area (Å²) >= 11 is 0. The Morgan fingerprint density at radius 1 is 1.12 bits per heavy atom. The van der Waals surface area contributed by atoms with E-state index < -0.39 is 35.2 Å². The van der Waals surface area contributed by atoms with Gasteiger partial charge in [-0.2, -0.15) is 0 Å². The van der Waals surface area contributed by atoms with E-state index in [9.17, 15) is 19.5 Å². The molecule has 3 amide bonds. The molecule has 8 nitrogen and oxygen atoms in total. The quantitative estimate of drug-likeness (QED) is 0.460. The lowest BCUT2D eigenvalue weighted by Gasteiger charge is -2.43. The summed E-state index contributed by atoms with van der Waals surface area (Å²) in [5, 5.41) is 19.6. The van der Waals surface area contributed by atoms with Crippen LogP contribution in [0.4, 0.5) is 4.79 Å². The van der Waals surface area contributed by atoms with E-state index in [1.165, 1.54) is 0 Å². The smallest absolute Gasteiger partial charge is 0.408 e. The molecule has 34 heavy (non-hydrogen) atoms. The number of benzene rings is 1. The minimum atomic E-state index is -1.44. The number of rotatable bonds is 8. The van der Waals surface area contributed by atoms with Crippen LogP contribution in [0.5, 0.6) is 0 Å². The lowest BCUT2D eigenvalue weighted by molar-refractivity contribution is -0.156. The number of aliphatic hydroxyl groups is 1. The number of hydrogen-bond acceptors (Lipinski definition) is 5. The number of amides is 3. The number of hydrogen-bond donors (Lipinski definition) is 4. The second kappa shape index (κ2) is 11.7. The van der Waals surface area contributed by atoms with Crippen LogP contribution in [0.1, 0.15) is 72.4 Å². The van der Waals surface area contributed by atoms with E-state index in [0.29, 0.717) is 6.42 Å². The molecule has 4 N–H and O–H groups in total. The van der Waals surface area contributed by atoms with Gasteiger partial charge in [0.1, 0.15) is 17.7 Å². The molecular formula is C26H41N3O5. The van der Waals surface area contributed by atoms with Crippen LogP contribution in [0.15, 0.2) is 30.3 Å². The highest BCUT2D eigenvalue weighted by Crippen LogP contribution is 2.41. The van der Waals surface area contributed by atoms with Crippen molar-refractivity contribution in [2.75, 3.05) is 13.1 Å². The van der Waals surface area contributed by atoms with E-state index in [1.54, 1.807) is 20.8 Å². The molecule has 1 aliphatic carbocycles. The lowest BCUT2D eigenvalue weighted by Crippen LogP contribution is -2.57. The molecule has 0 aromatic heterocycles. The zero-order chi connectivity index (χ0) is 25.5. The molecular weight excluding hydrogens is 434 g/mol. The number of ether oxygens (including phenoxy) is 1. The van der Waals surface area contributed by atoms with Crippen LogP contribution in [0.3, 0.4) is 0 Å². The van der Waals surface area contributed by atoms with E-state index in [2.05, 4.69) is 22.9 Å². The first-order valence-corrected chi connectivity index (χ1v) is 12.1. The summed E-state index contributed by atoms with van der Waals surface area (Å²) in [6.07, 6.45) is 1.54. The summed E-state index contributed by atoms with van der Waals surface area (Å²) in [5.41, 5.74) is -1.30.